The number of pyridine rings is 1. The van der Waals surface area contributed by atoms with Crippen LogP contribution in [0.25, 0.3) is 0 Å². The smallest absolute Gasteiger partial charge is 0.356 e. The maximum atomic E-state index is 13.1. The van der Waals surface area contributed by atoms with Gasteiger partial charge >= 0.3 is 11.9 Å². The number of carboxylic acids is 3. The normalized spacial score (nSPS) is 22.1. The molecule has 20 nitrogen and oxygen atoms in total. The van der Waals surface area contributed by atoms with Crippen molar-refractivity contribution in [3.63, 3.8) is 0 Å². The Morgan fingerprint density at radius 3 is 2.34 bits per heavy atom. The first-order valence-corrected chi connectivity index (χ1v) is 19.8. The third-order valence-corrected chi connectivity index (χ3v) is 11.7. The monoisotopic (exact) mass is 844 g/mol. The fourth-order valence-corrected chi connectivity index (χ4v) is 8.36. The number of oxime groups is 1. The third kappa shape index (κ3) is 8.63. The molecular weight excluding hydrogens is 801 g/mol. The Morgan fingerprint density at radius 2 is 1.79 bits per heavy atom. The number of anilines is 1. The molecule has 2 saturated heterocycles. The number of nitrogen functional groups attached to an aromatic ring is 1. The van der Waals surface area contributed by atoms with Gasteiger partial charge in [0, 0.05) is 34.3 Å². The zero-order valence-electron chi connectivity index (χ0n) is 32.1. The van der Waals surface area contributed by atoms with Crippen molar-refractivity contribution in [3.8, 4) is 0 Å². The van der Waals surface area contributed by atoms with Crippen molar-refractivity contribution in [2.24, 2.45) is 22.2 Å². The zero-order chi connectivity index (χ0) is 42.9. The number of rotatable bonds is 15. The number of carbonyl (C=O) groups is 6. The lowest BCUT2D eigenvalue weighted by atomic mass is 9.84. The van der Waals surface area contributed by atoms with Crippen molar-refractivity contribution in [1.82, 2.24) is 20.1 Å². The highest BCUT2D eigenvalue weighted by atomic mass is 32.2. The molecule has 0 aliphatic carbocycles. The average molecular weight is 845 g/mol. The van der Waals surface area contributed by atoms with Crippen LogP contribution in [0.1, 0.15) is 53.2 Å². The number of thioether (sulfide) groups is 1. The molecule has 22 heteroatoms. The second-order valence-corrected chi connectivity index (χ2v) is 16.8. The third-order valence-electron chi connectivity index (χ3n) is 9.66. The fraction of sp³-hybridized carbons (Fsp3) is 0.472. The molecule has 0 unspecified atom stereocenters. The van der Waals surface area contributed by atoms with E-state index in [1.165, 1.54) is 37.9 Å². The minimum Gasteiger partial charge on any atom is -0.543 e. The Bertz CT molecular complexity index is 2080. The molecule has 58 heavy (non-hydrogen) atoms. The van der Waals surface area contributed by atoms with E-state index < -0.39 is 76.3 Å². The number of ether oxygens (including phenoxy) is 1. The Morgan fingerprint density at radius 1 is 1.12 bits per heavy atom. The summed E-state index contributed by atoms with van der Waals surface area (Å²) in [6.07, 6.45) is 3.35. The van der Waals surface area contributed by atoms with Crippen molar-refractivity contribution < 1.29 is 63.3 Å². The van der Waals surface area contributed by atoms with Gasteiger partial charge in [0.1, 0.15) is 28.8 Å². The molecule has 0 saturated carbocycles. The molecule has 6 rings (SSSR count). The maximum absolute atomic E-state index is 13.1. The van der Waals surface area contributed by atoms with Crippen molar-refractivity contribution >= 4 is 69.6 Å². The zero-order valence-corrected chi connectivity index (χ0v) is 33.7. The number of allylic oxidation sites excluding steroid dienone is 1. The van der Waals surface area contributed by atoms with E-state index in [9.17, 15) is 49.2 Å². The van der Waals surface area contributed by atoms with Gasteiger partial charge in [0.2, 0.25) is 11.5 Å². The Kier molecular flexibility index (Phi) is 12.8. The summed E-state index contributed by atoms with van der Waals surface area (Å²) < 4.78 is 7.52. The van der Waals surface area contributed by atoms with Crippen LogP contribution in [0.15, 0.2) is 63.9 Å². The molecule has 5 atom stereocenters. The van der Waals surface area contributed by atoms with Crippen molar-refractivity contribution in [3.05, 3.63) is 64.4 Å². The second-order valence-electron chi connectivity index (χ2n) is 14.8. The summed E-state index contributed by atoms with van der Waals surface area (Å²) >= 11 is 2.32. The summed E-state index contributed by atoms with van der Waals surface area (Å²) in [7, 11) is 0. The van der Waals surface area contributed by atoms with E-state index in [0.29, 0.717) is 30.1 Å². The van der Waals surface area contributed by atoms with Crippen LogP contribution in [0.5, 0.6) is 0 Å². The lowest BCUT2D eigenvalue weighted by molar-refractivity contribution is -0.689. The molecule has 4 aliphatic rings. The van der Waals surface area contributed by atoms with E-state index in [4.69, 9.17) is 21.0 Å². The number of β-lactam (4-membered cyclic amide) rings is 2. The van der Waals surface area contributed by atoms with Gasteiger partial charge in [-0.3, -0.25) is 24.2 Å². The molecule has 0 aromatic carbocycles. The largest absolute Gasteiger partial charge is 0.543 e. The molecule has 2 aromatic rings. The van der Waals surface area contributed by atoms with Gasteiger partial charge in [-0.25, -0.2) is 19.1 Å². The highest BCUT2D eigenvalue weighted by molar-refractivity contribution is 8.00. The number of nitrogens with zero attached hydrogens (tertiary/aromatic N) is 5. The number of carbonyl (C=O) groups excluding carboxylic acids is 4. The van der Waals surface area contributed by atoms with Gasteiger partial charge in [-0.15, -0.1) is 23.1 Å². The second kappa shape index (κ2) is 17.1. The van der Waals surface area contributed by atoms with Gasteiger partial charge in [0.25, 0.3) is 11.8 Å². The summed E-state index contributed by atoms with van der Waals surface area (Å²) in [6, 6.07) is 4.36. The van der Waals surface area contributed by atoms with E-state index >= 15 is 0 Å². The van der Waals surface area contributed by atoms with E-state index in [1.807, 2.05) is 19.9 Å². The van der Waals surface area contributed by atoms with Gasteiger partial charge in [-0.05, 0) is 40.2 Å². The first-order chi connectivity index (χ1) is 27.2. The van der Waals surface area contributed by atoms with Crippen LogP contribution in [0, 0.1) is 11.3 Å². The first-order valence-electron chi connectivity index (χ1n) is 17.9. The Labute approximate surface area is 340 Å². The number of amides is 3. The average Bonchev–Trinajstić information content (AvgIpc) is 3.75. The molecular formula is C36H44N8O12S2. The van der Waals surface area contributed by atoms with Gasteiger partial charge in [0.05, 0.1) is 17.8 Å². The quantitative estimate of drug-likeness (QED) is 0.0539. The van der Waals surface area contributed by atoms with Gasteiger partial charge in [-0.1, -0.05) is 25.1 Å². The number of carboxylic acid groups (broad SMARTS) is 3. The molecule has 312 valence electrons. The van der Waals surface area contributed by atoms with E-state index in [2.05, 4.69) is 15.5 Å². The van der Waals surface area contributed by atoms with Gasteiger partial charge in [-0.2, -0.15) is 0 Å². The molecule has 0 bridgehead atoms. The lowest BCUT2D eigenvalue weighted by Crippen LogP contribution is -2.71. The van der Waals surface area contributed by atoms with Gasteiger partial charge in [0.15, 0.2) is 41.7 Å². The van der Waals surface area contributed by atoms with E-state index in [-0.39, 0.29) is 34.5 Å². The molecule has 8 N–H and O–H groups in total. The van der Waals surface area contributed by atoms with E-state index in [0.717, 1.165) is 27.6 Å². The van der Waals surface area contributed by atoms with Crippen LogP contribution in [-0.2, 0) is 44.9 Å². The van der Waals surface area contributed by atoms with Crippen LogP contribution >= 0.6 is 23.1 Å². The van der Waals surface area contributed by atoms with Crippen LogP contribution in [0.2, 0.25) is 0 Å². The summed E-state index contributed by atoms with van der Waals surface area (Å²) in [5, 5.41) is 47.4. The number of fused-ring (bicyclic) bond motifs is 2. The molecule has 3 amide bonds. The number of hydrogen-bond donors (Lipinski definition) is 6. The highest BCUT2D eigenvalue weighted by Gasteiger charge is 2.60. The Balaban J connectivity index is 0.000000258. The minimum absolute atomic E-state index is 0.0265. The predicted octanol–water partition coefficient (Wildman–Crippen LogP) is -1.06. The summed E-state index contributed by atoms with van der Waals surface area (Å²) in [4.78, 5) is 84.4. The lowest BCUT2D eigenvalue weighted by Gasteiger charge is -2.50. The Hall–Kier alpha value is -5.58. The first kappa shape index (κ1) is 43.5. The number of hydrogen-bond acceptors (Lipinski definition) is 16. The molecule has 6 heterocycles. The minimum atomic E-state index is -1.75. The predicted molar refractivity (Wildman–Crippen MR) is 203 cm³/mol. The van der Waals surface area contributed by atoms with Crippen molar-refractivity contribution in [2.75, 3.05) is 18.0 Å². The van der Waals surface area contributed by atoms with Gasteiger partial charge < -0.3 is 51.6 Å². The molecule has 2 fully saturated rings. The topological polar surface area (TPSA) is 304 Å². The van der Waals surface area contributed by atoms with Crippen LogP contribution in [-0.4, -0.2) is 113 Å². The summed E-state index contributed by atoms with van der Waals surface area (Å²) in [5.74, 6) is -6.01. The van der Waals surface area contributed by atoms with Crippen molar-refractivity contribution in [1.29, 1.82) is 0 Å². The number of aliphatic hydroxyl groups excluding tert-OH is 1. The number of thiazole rings is 1. The molecule has 0 spiro atoms. The van der Waals surface area contributed by atoms with Crippen LogP contribution in [0.4, 0.5) is 5.13 Å². The van der Waals surface area contributed by atoms with Crippen molar-refractivity contribution in [2.45, 2.75) is 83.4 Å². The van der Waals surface area contributed by atoms with Crippen LogP contribution < -0.4 is 26.5 Å². The summed E-state index contributed by atoms with van der Waals surface area (Å²) in [5.41, 5.74) is 8.70. The molecule has 4 aliphatic heterocycles. The fourth-order valence-electron chi connectivity index (χ4n) is 6.48. The number of aromatic nitrogens is 2. The number of nitrogens with one attached hydrogen (secondary N) is 1. The highest BCUT2D eigenvalue weighted by Crippen LogP contribution is 2.48. The number of aliphatic carboxylic acids is 3. The van der Waals surface area contributed by atoms with E-state index in [1.54, 1.807) is 29.1 Å². The number of aliphatic hydroxyl groups is 1. The maximum Gasteiger partial charge on any atom is 0.356 e. The number of nitrogens with two attached hydrogens (primary N) is 2. The standard InChI is InChI=1S/C22H22N6O7S2.C14H22N2O5/c1-22(2,20(33)34)35-26-13(12-10-37-21(23)24-12)16(29)25-14-17(30)28-15(19(31)32)11(9-36-18(14)28)8-27-6-4-3-5-7-27;1-7(17)8-11(18)16-9(13(19)20)10(21-12(8)16)14(2,3)5-4-6-15/h3-7,10,14,18H,8-9H2,1-2H3,(H4-,23,24,25,29,31,32,33,34);7-8,12,17H,4-6,15H2,1-3H3,(H,19,20)/b26-13-;/t14-,18-;7-,8+,12-/m11/s1. The summed E-state index contributed by atoms with van der Waals surface area (Å²) in [6.45, 7) is 8.49. The van der Waals surface area contributed by atoms with Crippen LogP contribution in [0.3, 0.4) is 0 Å². The SMILES string of the molecule is CC(C)(O/N=C(\C(=O)N[C@@H]1C(=O)N2C(C(=O)[O-])=C(C[n+]3ccccc3)CS[C@H]12)c1csc(N)n1)C(=O)O.C[C@@H](O)[C@H]1C(=O)N2C(C(=O)O)=C(C(C)(C)CCCN)O[C@H]12. The molecule has 0 radical (unpaired) electrons. The molecule has 2 aromatic heterocycles.